The number of carbonyl (C=O) groups is 2. The van der Waals surface area contributed by atoms with Crippen LogP contribution in [-0.4, -0.2) is 68.0 Å². The van der Waals surface area contributed by atoms with Crippen LogP contribution in [-0.2, 0) is 22.6 Å². The Kier molecular flexibility index (Phi) is 5.36. The highest BCUT2D eigenvalue weighted by Gasteiger charge is 2.49. The van der Waals surface area contributed by atoms with Crippen LogP contribution in [0.2, 0.25) is 0 Å². The number of amides is 2. The predicted molar refractivity (Wildman–Crippen MR) is 102 cm³/mol. The molecule has 4 rings (SSSR count). The molecule has 1 atom stereocenters. The summed E-state index contributed by atoms with van der Waals surface area (Å²) in [6.07, 6.45) is 5.39. The molecule has 0 saturated carbocycles. The fourth-order valence-corrected chi connectivity index (χ4v) is 4.39. The van der Waals surface area contributed by atoms with E-state index in [9.17, 15) is 9.59 Å². The van der Waals surface area contributed by atoms with E-state index in [-0.39, 0.29) is 17.2 Å². The quantitative estimate of drug-likeness (QED) is 0.748. The summed E-state index contributed by atoms with van der Waals surface area (Å²) in [5.41, 5.74) is 0.861. The van der Waals surface area contributed by atoms with Crippen molar-refractivity contribution in [3.63, 3.8) is 0 Å². The summed E-state index contributed by atoms with van der Waals surface area (Å²) in [5.74, 6) is 0.298. The third-order valence-corrected chi connectivity index (χ3v) is 5.99. The van der Waals surface area contributed by atoms with Crippen LogP contribution >= 0.6 is 0 Å². The third kappa shape index (κ3) is 3.90. The molecule has 8 nitrogen and oxygen atoms in total. The molecule has 2 aliphatic rings. The van der Waals surface area contributed by atoms with E-state index in [1.54, 1.807) is 4.68 Å². The summed E-state index contributed by atoms with van der Waals surface area (Å²) < 4.78 is 1.56. The van der Waals surface area contributed by atoms with Gasteiger partial charge < -0.3 is 9.80 Å². The Hall–Kier alpha value is -2.77. The van der Waals surface area contributed by atoms with Gasteiger partial charge in [-0.2, -0.15) is 0 Å². The Balaban J connectivity index is 1.33. The lowest BCUT2D eigenvalue weighted by atomic mass is 9.78. The number of rotatable bonds is 6. The van der Waals surface area contributed by atoms with Crippen molar-refractivity contribution in [2.75, 3.05) is 26.2 Å². The largest absolute Gasteiger partial charge is 0.342 e. The van der Waals surface area contributed by atoms with Gasteiger partial charge in [0, 0.05) is 32.6 Å². The summed E-state index contributed by atoms with van der Waals surface area (Å²) in [6.45, 7) is 3.24. The van der Waals surface area contributed by atoms with Gasteiger partial charge in [-0.3, -0.25) is 9.59 Å². The second kappa shape index (κ2) is 8.08. The zero-order valence-electron chi connectivity index (χ0n) is 16.0. The number of carbonyl (C=O) groups excluding carboxylic acids is 2. The third-order valence-electron chi connectivity index (χ3n) is 5.99. The van der Waals surface area contributed by atoms with Crippen molar-refractivity contribution in [2.24, 2.45) is 5.41 Å². The first-order valence-electron chi connectivity index (χ1n) is 9.98. The molecular formula is C20H26N6O2. The van der Waals surface area contributed by atoms with E-state index in [1.807, 2.05) is 28.0 Å². The summed E-state index contributed by atoms with van der Waals surface area (Å²) in [5, 5.41) is 11.0. The van der Waals surface area contributed by atoms with E-state index >= 15 is 0 Å². The second-order valence-corrected chi connectivity index (χ2v) is 7.80. The van der Waals surface area contributed by atoms with Crippen molar-refractivity contribution >= 4 is 11.8 Å². The fraction of sp³-hybridized carbons (Fsp3) is 0.550. The lowest BCUT2D eigenvalue weighted by Gasteiger charge is -2.39. The van der Waals surface area contributed by atoms with E-state index in [0.29, 0.717) is 26.1 Å². The average molecular weight is 382 g/mol. The lowest BCUT2D eigenvalue weighted by molar-refractivity contribution is -0.146. The number of hydrogen-bond donors (Lipinski definition) is 0. The molecule has 3 heterocycles. The van der Waals surface area contributed by atoms with Gasteiger partial charge in [-0.15, -0.1) is 5.10 Å². The Morgan fingerprint density at radius 2 is 1.96 bits per heavy atom. The maximum Gasteiger partial charge on any atom is 0.230 e. The first-order chi connectivity index (χ1) is 13.7. The minimum absolute atomic E-state index is 0.0709. The molecule has 2 aromatic rings. The Morgan fingerprint density at radius 3 is 2.75 bits per heavy atom. The molecule has 0 aliphatic carbocycles. The van der Waals surface area contributed by atoms with E-state index in [4.69, 9.17) is 0 Å². The topological polar surface area (TPSA) is 84.2 Å². The second-order valence-electron chi connectivity index (χ2n) is 7.80. The molecule has 0 unspecified atom stereocenters. The van der Waals surface area contributed by atoms with Gasteiger partial charge in [-0.05, 0) is 41.7 Å². The molecule has 2 fully saturated rings. The summed E-state index contributed by atoms with van der Waals surface area (Å²) >= 11 is 0. The molecule has 1 aromatic carbocycles. The SMILES string of the molecule is O=C(CCn1cnnn1)N1CC[C@]2(CCCN(CCc3ccccc3)C2=O)C1. The molecular weight excluding hydrogens is 356 g/mol. The van der Waals surface area contributed by atoms with Crippen molar-refractivity contribution < 1.29 is 9.59 Å². The van der Waals surface area contributed by atoms with Crippen molar-refractivity contribution in [1.29, 1.82) is 0 Å². The fourth-order valence-electron chi connectivity index (χ4n) is 4.39. The van der Waals surface area contributed by atoms with Crippen molar-refractivity contribution in [3.8, 4) is 0 Å². The number of tetrazole rings is 1. The number of piperidine rings is 1. The van der Waals surface area contributed by atoms with Gasteiger partial charge in [0.15, 0.2) is 0 Å². The Morgan fingerprint density at radius 1 is 1.11 bits per heavy atom. The molecule has 8 heteroatoms. The normalized spacial score (nSPS) is 22.2. The van der Waals surface area contributed by atoms with Crippen molar-refractivity contribution in [3.05, 3.63) is 42.2 Å². The Bertz CT molecular complexity index is 809. The first-order valence-corrected chi connectivity index (χ1v) is 9.98. The maximum absolute atomic E-state index is 13.2. The molecule has 2 amide bonds. The van der Waals surface area contributed by atoms with Gasteiger partial charge in [0.2, 0.25) is 11.8 Å². The standard InChI is InChI=1S/C20H26N6O2/c27-18(8-13-26-16-21-22-23-26)25-14-10-20(15-25)9-4-11-24(19(20)28)12-7-17-5-2-1-3-6-17/h1-3,5-6,16H,4,7-15H2/t20-/m1/s1. The summed E-state index contributed by atoms with van der Waals surface area (Å²) in [7, 11) is 0. The maximum atomic E-state index is 13.2. The number of aryl methyl sites for hydroxylation is 1. The van der Waals surface area contributed by atoms with E-state index < -0.39 is 0 Å². The number of benzene rings is 1. The highest BCUT2D eigenvalue weighted by molar-refractivity contribution is 5.86. The van der Waals surface area contributed by atoms with Crippen LogP contribution in [0.5, 0.6) is 0 Å². The molecule has 2 aliphatic heterocycles. The minimum atomic E-state index is -0.389. The predicted octanol–water partition coefficient (Wildman–Crippen LogP) is 1.15. The van der Waals surface area contributed by atoms with Crippen LogP contribution in [0.1, 0.15) is 31.2 Å². The van der Waals surface area contributed by atoms with Gasteiger partial charge in [0.05, 0.1) is 12.0 Å². The number of likely N-dealkylation sites (tertiary alicyclic amines) is 2. The highest BCUT2D eigenvalue weighted by Crippen LogP contribution is 2.40. The van der Waals surface area contributed by atoms with Gasteiger partial charge in [0.1, 0.15) is 6.33 Å². The van der Waals surface area contributed by atoms with Gasteiger partial charge in [-0.1, -0.05) is 30.3 Å². The number of nitrogens with zero attached hydrogens (tertiary/aromatic N) is 6. The van der Waals surface area contributed by atoms with E-state index in [2.05, 4.69) is 27.7 Å². The Labute approximate surface area is 164 Å². The van der Waals surface area contributed by atoms with Crippen LogP contribution in [0.3, 0.4) is 0 Å². The monoisotopic (exact) mass is 382 g/mol. The van der Waals surface area contributed by atoms with Gasteiger partial charge in [0.25, 0.3) is 0 Å². The molecule has 0 bridgehead atoms. The molecule has 0 radical (unpaired) electrons. The van der Waals surface area contributed by atoms with Crippen LogP contribution in [0.15, 0.2) is 36.7 Å². The van der Waals surface area contributed by atoms with E-state index in [0.717, 1.165) is 38.8 Å². The average Bonchev–Trinajstić information content (AvgIpc) is 3.39. The first kappa shape index (κ1) is 18.6. The van der Waals surface area contributed by atoms with Gasteiger partial charge in [-0.25, -0.2) is 4.68 Å². The molecule has 1 spiro atoms. The lowest BCUT2D eigenvalue weighted by Crippen LogP contribution is -2.50. The van der Waals surface area contributed by atoms with Crippen molar-refractivity contribution in [2.45, 2.75) is 38.6 Å². The summed E-state index contributed by atoms with van der Waals surface area (Å²) in [4.78, 5) is 29.7. The molecule has 1 aromatic heterocycles. The smallest absolute Gasteiger partial charge is 0.230 e. The van der Waals surface area contributed by atoms with E-state index in [1.165, 1.54) is 11.9 Å². The highest BCUT2D eigenvalue weighted by atomic mass is 16.2. The minimum Gasteiger partial charge on any atom is -0.342 e. The zero-order chi connectivity index (χ0) is 19.4. The zero-order valence-corrected chi connectivity index (χ0v) is 16.0. The molecule has 0 N–H and O–H groups in total. The van der Waals surface area contributed by atoms with Gasteiger partial charge >= 0.3 is 0 Å². The summed E-state index contributed by atoms with van der Waals surface area (Å²) in [6, 6.07) is 10.3. The van der Waals surface area contributed by atoms with Crippen LogP contribution in [0.25, 0.3) is 0 Å². The number of hydrogen-bond acceptors (Lipinski definition) is 5. The van der Waals surface area contributed by atoms with Crippen molar-refractivity contribution in [1.82, 2.24) is 30.0 Å². The molecule has 148 valence electrons. The number of aromatic nitrogens is 4. The molecule has 2 saturated heterocycles. The van der Waals surface area contributed by atoms with Crippen LogP contribution < -0.4 is 0 Å². The van der Waals surface area contributed by atoms with Crippen LogP contribution in [0, 0.1) is 5.41 Å². The molecule has 28 heavy (non-hydrogen) atoms. The van der Waals surface area contributed by atoms with Crippen LogP contribution in [0.4, 0.5) is 0 Å².